The van der Waals surface area contributed by atoms with Crippen molar-refractivity contribution in [1.82, 2.24) is 0 Å². The Morgan fingerprint density at radius 1 is 0.800 bits per heavy atom. The summed E-state index contributed by atoms with van der Waals surface area (Å²) in [6, 6.07) is 0. The molecule has 3 heteroatoms. The number of rotatable bonds is 10. The number of hydrogen-bond acceptors (Lipinski definition) is 0. The second-order valence-corrected chi connectivity index (χ2v) is 10.5. The van der Waals surface area contributed by atoms with Crippen LogP contribution in [0, 0.1) is 11.8 Å². The Balaban J connectivity index is 4.85. The summed E-state index contributed by atoms with van der Waals surface area (Å²) >= 11 is 0. The van der Waals surface area contributed by atoms with Crippen molar-refractivity contribution in [2.75, 3.05) is 0 Å². The second kappa shape index (κ2) is 9.43. The predicted octanol–water partition coefficient (Wildman–Crippen LogP) is 6.15. The molecule has 20 heavy (non-hydrogen) atoms. The van der Waals surface area contributed by atoms with Crippen molar-refractivity contribution in [3.8, 4) is 0 Å². The third-order valence-corrected chi connectivity index (χ3v) is 9.51. The van der Waals surface area contributed by atoms with Gasteiger partial charge < -0.3 is 0 Å². The molecule has 0 radical (unpaired) electrons. The van der Waals surface area contributed by atoms with Gasteiger partial charge >= 0.3 is 0 Å². The van der Waals surface area contributed by atoms with Crippen LogP contribution in [0.5, 0.6) is 0 Å². The molecule has 0 heterocycles. The van der Waals surface area contributed by atoms with E-state index in [1.165, 1.54) is 38.5 Å². The monoisotopic (exact) mass is 336 g/mol. The zero-order valence-electron chi connectivity index (χ0n) is 14.7. The average molecular weight is 336 g/mol. The molecule has 122 valence electrons. The lowest BCUT2D eigenvalue weighted by atomic mass is 9.77. The first-order chi connectivity index (χ1) is 9.12. The minimum absolute atomic E-state index is 0.289. The van der Waals surface area contributed by atoms with E-state index in [9.17, 15) is 0 Å². The minimum atomic E-state index is 0.289. The molecule has 0 nitrogen and oxygen atoms in total. The van der Waals surface area contributed by atoms with Crippen molar-refractivity contribution in [1.29, 1.82) is 0 Å². The molecule has 0 bridgehead atoms. The molecule has 0 aliphatic carbocycles. The van der Waals surface area contributed by atoms with E-state index in [0.29, 0.717) is 5.66 Å². The zero-order chi connectivity index (χ0) is 16.0. The van der Waals surface area contributed by atoms with E-state index in [-0.39, 0.29) is 10.3 Å². The van der Waals surface area contributed by atoms with Crippen molar-refractivity contribution >= 4 is 27.7 Å². The van der Waals surface area contributed by atoms with Crippen LogP contribution >= 0.6 is 27.7 Å². The van der Waals surface area contributed by atoms with E-state index in [1.807, 2.05) is 0 Å². The van der Waals surface area contributed by atoms with Gasteiger partial charge in [-0.1, -0.05) is 67.2 Å². The lowest BCUT2D eigenvalue weighted by Gasteiger charge is -2.48. The van der Waals surface area contributed by atoms with Crippen molar-refractivity contribution in [3.05, 3.63) is 0 Å². The van der Waals surface area contributed by atoms with Gasteiger partial charge in [0.05, 0.1) is 0 Å². The van der Waals surface area contributed by atoms with Gasteiger partial charge in [0.25, 0.3) is 0 Å². The summed E-state index contributed by atoms with van der Waals surface area (Å²) in [6.45, 7) is 14.3. The lowest BCUT2D eigenvalue weighted by molar-refractivity contribution is 0.300. The van der Waals surface area contributed by atoms with E-state index in [1.54, 1.807) is 0 Å². The van der Waals surface area contributed by atoms with Gasteiger partial charge in [-0.05, 0) is 40.6 Å². The number of unbranched alkanes of at least 4 members (excludes halogenated alkanes) is 2. The fourth-order valence-electron chi connectivity index (χ4n) is 2.93. The SMILES string of the molecule is CCCCC(C)C(C)(P)C(P)C(C)(P)C(C)CCCC. The Morgan fingerprint density at radius 3 is 1.35 bits per heavy atom. The third-order valence-electron chi connectivity index (χ3n) is 5.45. The molecule has 0 spiro atoms. The van der Waals surface area contributed by atoms with Crippen molar-refractivity contribution in [2.24, 2.45) is 11.8 Å². The van der Waals surface area contributed by atoms with Crippen LogP contribution in [0.4, 0.5) is 0 Å². The van der Waals surface area contributed by atoms with Gasteiger partial charge in [0.2, 0.25) is 0 Å². The highest BCUT2D eigenvalue weighted by Gasteiger charge is 2.43. The van der Waals surface area contributed by atoms with Gasteiger partial charge in [0, 0.05) is 0 Å². The quantitative estimate of drug-likeness (QED) is 0.420. The lowest BCUT2D eigenvalue weighted by Crippen LogP contribution is -2.49. The molecule has 0 aliphatic rings. The molecule has 0 saturated heterocycles. The van der Waals surface area contributed by atoms with Crippen LogP contribution in [0.25, 0.3) is 0 Å². The predicted molar refractivity (Wildman–Crippen MR) is 107 cm³/mol. The Hall–Kier alpha value is 1.29. The van der Waals surface area contributed by atoms with E-state index >= 15 is 0 Å². The van der Waals surface area contributed by atoms with Crippen LogP contribution in [0.2, 0.25) is 0 Å². The van der Waals surface area contributed by atoms with Crippen LogP contribution in [-0.2, 0) is 0 Å². The molecule has 0 aromatic heterocycles. The summed E-state index contributed by atoms with van der Waals surface area (Å²) in [6.07, 6.45) is 7.98. The van der Waals surface area contributed by atoms with Crippen LogP contribution < -0.4 is 0 Å². The van der Waals surface area contributed by atoms with Crippen molar-refractivity contribution < 1.29 is 0 Å². The van der Waals surface area contributed by atoms with Gasteiger partial charge in [-0.2, -0.15) is 0 Å². The molecule has 7 unspecified atom stereocenters. The Kier molecular flexibility index (Phi) is 10.0. The summed E-state index contributed by atoms with van der Waals surface area (Å²) < 4.78 is 0. The molecule has 0 amide bonds. The first-order valence-electron chi connectivity index (χ1n) is 8.45. The van der Waals surface area contributed by atoms with Gasteiger partial charge in [0.15, 0.2) is 0 Å². The fourth-order valence-corrected chi connectivity index (χ4v) is 4.83. The first kappa shape index (κ1) is 21.3. The van der Waals surface area contributed by atoms with Gasteiger partial charge in [-0.15, -0.1) is 27.7 Å². The van der Waals surface area contributed by atoms with E-state index in [4.69, 9.17) is 0 Å². The standard InChI is InChI=1S/C17H39P3/c1-7-9-11-13(3)16(5,19)15(18)17(6,20)14(4)12-10-8-2/h13-15H,7-12,18-20H2,1-6H3. The van der Waals surface area contributed by atoms with Crippen LogP contribution in [0.3, 0.4) is 0 Å². The highest BCUT2D eigenvalue weighted by atomic mass is 31.0. The average Bonchev–Trinajstić information content (AvgIpc) is 2.40. The summed E-state index contributed by atoms with van der Waals surface area (Å²) in [7, 11) is 9.55. The van der Waals surface area contributed by atoms with E-state index in [0.717, 1.165) is 11.8 Å². The van der Waals surface area contributed by atoms with Crippen LogP contribution in [0.15, 0.2) is 0 Å². The first-order valence-corrected chi connectivity index (χ1v) is 10.3. The molecule has 7 atom stereocenters. The molecule has 0 aliphatic heterocycles. The zero-order valence-corrected chi connectivity index (χ0v) is 18.2. The summed E-state index contributed by atoms with van der Waals surface area (Å²) in [5, 5.41) is 0.577. The minimum Gasteiger partial charge on any atom is -0.133 e. The molecule has 0 fully saturated rings. The van der Waals surface area contributed by atoms with Crippen molar-refractivity contribution in [2.45, 2.75) is 96.0 Å². The largest absolute Gasteiger partial charge is 0.133 e. The maximum absolute atomic E-state index is 3.19. The smallest absolute Gasteiger partial charge is 0.00818 e. The summed E-state index contributed by atoms with van der Waals surface area (Å²) in [5.41, 5.74) is 0.601. The van der Waals surface area contributed by atoms with Gasteiger partial charge in [-0.3, -0.25) is 0 Å². The maximum atomic E-state index is 3.19. The Morgan fingerprint density at radius 2 is 1.10 bits per heavy atom. The summed E-state index contributed by atoms with van der Waals surface area (Å²) in [5.74, 6) is 1.49. The van der Waals surface area contributed by atoms with Crippen LogP contribution in [-0.4, -0.2) is 16.0 Å². The van der Waals surface area contributed by atoms with E-state index in [2.05, 4.69) is 69.3 Å². The number of hydrogen-bond donors (Lipinski definition) is 0. The Bertz CT molecular complexity index is 235. The van der Waals surface area contributed by atoms with Crippen molar-refractivity contribution in [3.63, 3.8) is 0 Å². The molecular formula is C17H39P3. The Labute approximate surface area is 136 Å². The molecule has 0 rings (SSSR count). The molecule has 0 saturated carbocycles. The second-order valence-electron chi connectivity index (χ2n) is 7.30. The van der Waals surface area contributed by atoms with E-state index < -0.39 is 0 Å². The van der Waals surface area contributed by atoms with Gasteiger partial charge in [-0.25, -0.2) is 0 Å². The van der Waals surface area contributed by atoms with Gasteiger partial charge in [0.1, 0.15) is 0 Å². The molecule has 0 aromatic carbocycles. The summed E-state index contributed by atoms with van der Waals surface area (Å²) in [4.78, 5) is 0. The third kappa shape index (κ3) is 5.82. The fraction of sp³-hybridized carbons (Fsp3) is 1.00. The molecule has 0 aromatic rings. The molecular weight excluding hydrogens is 297 g/mol. The topological polar surface area (TPSA) is 0 Å². The van der Waals surface area contributed by atoms with Crippen LogP contribution in [0.1, 0.15) is 80.1 Å². The highest BCUT2D eigenvalue weighted by Crippen LogP contribution is 2.49. The normalized spacial score (nSPS) is 22.6. The molecule has 0 N–H and O–H groups in total. The highest BCUT2D eigenvalue weighted by molar-refractivity contribution is 7.27. The maximum Gasteiger partial charge on any atom is -0.00818 e.